The molecule has 3 nitrogen and oxygen atoms in total. The fourth-order valence-electron chi connectivity index (χ4n) is 2.19. The summed E-state index contributed by atoms with van der Waals surface area (Å²) >= 11 is 0. The van der Waals surface area contributed by atoms with Gasteiger partial charge in [0.2, 0.25) is 0 Å². The summed E-state index contributed by atoms with van der Waals surface area (Å²) in [5.41, 5.74) is 1.19. The second-order valence-electron chi connectivity index (χ2n) is 4.17. The summed E-state index contributed by atoms with van der Waals surface area (Å²) in [7, 11) is 0. The molecule has 0 spiro atoms. The van der Waals surface area contributed by atoms with E-state index < -0.39 is 0 Å². The largest absolute Gasteiger partial charge is 0.324 e. The highest BCUT2D eigenvalue weighted by Gasteiger charge is 2.04. The number of carbonyl (C=O) groups excluding carboxylic acids is 1. The van der Waals surface area contributed by atoms with Crippen LogP contribution in [0.15, 0.2) is 54.9 Å². The van der Waals surface area contributed by atoms with Gasteiger partial charge in [0.25, 0.3) is 0 Å². The fraction of sp³-hybridized carbons (Fsp3) is 0.0667. The maximum absolute atomic E-state index is 10.9. The van der Waals surface area contributed by atoms with E-state index in [1.807, 2.05) is 29.0 Å². The Bertz CT molecular complexity index is 695. The van der Waals surface area contributed by atoms with Gasteiger partial charge in [-0.3, -0.25) is 4.79 Å². The van der Waals surface area contributed by atoms with E-state index in [0.29, 0.717) is 12.4 Å². The first-order valence-corrected chi connectivity index (χ1v) is 5.81. The smallest absolute Gasteiger partial charge is 0.185 e. The minimum Gasteiger partial charge on any atom is -0.324 e. The Labute approximate surface area is 105 Å². The topological polar surface area (TPSA) is 34.9 Å². The van der Waals surface area contributed by atoms with Crippen molar-refractivity contribution in [2.75, 3.05) is 0 Å². The van der Waals surface area contributed by atoms with Gasteiger partial charge in [-0.2, -0.15) is 0 Å². The lowest BCUT2D eigenvalue weighted by Crippen LogP contribution is -2.03. The molecule has 1 heterocycles. The molecule has 2 aromatic carbocycles. The van der Waals surface area contributed by atoms with Crippen LogP contribution in [0.4, 0.5) is 0 Å². The molecule has 0 saturated heterocycles. The van der Waals surface area contributed by atoms with Crippen molar-refractivity contribution in [3.63, 3.8) is 0 Å². The number of aldehydes is 1. The number of hydrogen-bond donors (Lipinski definition) is 0. The summed E-state index contributed by atoms with van der Waals surface area (Å²) in [6.07, 6.45) is 4.26. The number of rotatable bonds is 3. The first-order chi connectivity index (χ1) is 8.88. The molecule has 0 unspecified atom stereocenters. The highest BCUT2D eigenvalue weighted by Crippen LogP contribution is 2.19. The molecule has 0 aliphatic heterocycles. The molecule has 88 valence electrons. The highest BCUT2D eigenvalue weighted by molar-refractivity contribution is 5.85. The van der Waals surface area contributed by atoms with E-state index in [2.05, 4.69) is 29.2 Å². The second-order valence-corrected chi connectivity index (χ2v) is 4.17. The lowest BCUT2D eigenvalue weighted by Gasteiger charge is -2.08. The van der Waals surface area contributed by atoms with Gasteiger partial charge in [-0.15, -0.1) is 0 Å². The molecule has 0 radical (unpaired) electrons. The average molecular weight is 236 g/mol. The summed E-state index contributed by atoms with van der Waals surface area (Å²) in [4.78, 5) is 14.9. The molecule has 3 rings (SSSR count). The van der Waals surface area contributed by atoms with E-state index in [0.717, 1.165) is 6.29 Å². The number of nitrogens with zero attached hydrogens (tertiary/aromatic N) is 2. The Morgan fingerprint density at radius 2 is 1.94 bits per heavy atom. The van der Waals surface area contributed by atoms with E-state index >= 15 is 0 Å². The van der Waals surface area contributed by atoms with Gasteiger partial charge in [-0.1, -0.05) is 42.5 Å². The molecule has 0 bridgehead atoms. The molecule has 3 heteroatoms. The lowest BCUT2D eigenvalue weighted by molar-refractivity contribution is 0.111. The van der Waals surface area contributed by atoms with Crippen molar-refractivity contribution >= 4 is 17.1 Å². The van der Waals surface area contributed by atoms with E-state index in [-0.39, 0.29) is 0 Å². The van der Waals surface area contributed by atoms with Crippen LogP contribution in [-0.2, 0) is 6.54 Å². The van der Waals surface area contributed by atoms with Gasteiger partial charge in [-0.25, -0.2) is 4.98 Å². The molecule has 0 saturated carbocycles. The third kappa shape index (κ3) is 1.80. The maximum atomic E-state index is 10.9. The first kappa shape index (κ1) is 10.7. The molecule has 3 aromatic rings. The van der Waals surface area contributed by atoms with Crippen molar-refractivity contribution in [1.82, 2.24) is 9.55 Å². The third-order valence-electron chi connectivity index (χ3n) is 3.07. The Hall–Kier alpha value is -2.42. The molecule has 18 heavy (non-hydrogen) atoms. The number of carbonyl (C=O) groups is 1. The van der Waals surface area contributed by atoms with Crippen LogP contribution >= 0.6 is 0 Å². The summed E-state index contributed by atoms with van der Waals surface area (Å²) < 4.78 is 1.86. The zero-order chi connectivity index (χ0) is 12.4. The normalized spacial score (nSPS) is 10.7. The van der Waals surface area contributed by atoms with Crippen LogP contribution in [-0.4, -0.2) is 15.8 Å². The van der Waals surface area contributed by atoms with Gasteiger partial charge in [0.1, 0.15) is 0 Å². The maximum Gasteiger partial charge on any atom is 0.185 e. The van der Waals surface area contributed by atoms with Crippen LogP contribution in [0.25, 0.3) is 10.8 Å². The monoisotopic (exact) mass is 236 g/mol. The Morgan fingerprint density at radius 1 is 1.11 bits per heavy atom. The molecule has 1 aromatic heterocycles. The third-order valence-corrected chi connectivity index (χ3v) is 3.07. The molecular formula is C15H12N2O. The Balaban J connectivity index is 2.07. The Kier molecular flexibility index (Phi) is 2.65. The fourth-order valence-corrected chi connectivity index (χ4v) is 2.19. The molecule has 0 N–H and O–H groups in total. The van der Waals surface area contributed by atoms with E-state index in [1.54, 1.807) is 6.20 Å². The van der Waals surface area contributed by atoms with Gasteiger partial charge in [0.15, 0.2) is 12.1 Å². The summed E-state index contributed by atoms with van der Waals surface area (Å²) in [5.74, 6) is 0.461. The van der Waals surface area contributed by atoms with Crippen LogP contribution in [0.2, 0.25) is 0 Å². The van der Waals surface area contributed by atoms with Gasteiger partial charge >= 0.3 is 0 Å². The van der Waals surface area contributed by atoms with Gasteiger partial charge in [-0.05, 0) is 16.3 Å². The van der Waals surface area contributed by atoms with Crippen molar-refractivity contribution in [2.24, 2.45) is 0 Å². The number of hydrogen-bond acceptors (Lipinski definition) is 2. The van der Waals surface area contributed by atoms with Crippen LogP contribution in [0.5, 0.6) is 0 Å². The number of imidazole rings is 1. The van der Waals surface area contributed by atoms with Crippen molar-refractivity contribution in [2.45, 2.75) is 6.54 Å². The first-order valence-electron chi connectivity index (χ1n) is 5.81. The Morgan fingerprint density at radius 3 is 2.83 bits per heavy atom. The van der Waals surface area contributed by atoms with E-state index in [4.69, 9.17) is 0 Å². The SMILES string of the molecule is O=Cc1nccn1Cc1cccc2ccccc12. The van der Waals surface area contributed by atoms with Crippen LogP contribution in [0.3, 0.4) is 0 Å². The van der Waals surface area contributed by atoms with Crippen molar-refractivity contribution in [3.05, 3.63) is 66.2 Å². The molecule has 0 amide bonds. The minimum absolute atomic E-state index is 0.461. The van der Waals surface area contributed by atoms with Crippen molar-refractivity contribution in [1.29, 1.82) is 0 Å². The van der Waals surface area contributed by atoms with Crippen LogP contribution in [0.1, 0.15) is 16.2 Å². The standard InChI is InChI=1S/C15H12N2O/c18-11-15-16-8-9-17(15)10-13-6-3-5-12-4-1-2-7-14(12)13/h1-9,11H,10H2. The molecular weight excluding hydrogens is 224 g/mol. The average Bonchev–Trinajstić information content (AvgIpc) is 2.86. The van der Waals surface area contributed by atoms with Gasteiger partial charge in [0, 0.05) is 18.9 Å². The summed E-state index contributed by atoms with van der Waals surface area (Å²) in [5, 5.41) is 2.42. The molecule has 0 aliphatic carbocycles. The van der Waals surface area contributed by atoms with E-state index in [9.17, 15) is 4.79 Å². The zero-order valence-electron chi connectivity index (χ0n) is 9.78. The number of benzene rings is 2. The summed E-state index contributed by atoms with van der Waals surface area (Å²) in [6, 6.07) is 14.5. The predicted octanol–water partition coefficient (Wildman–Crippen LogP) is 2.90. The van der Waals surface area contributed by atoms with Crippen LogP contribution < -0.4 is 0 Å². The van der Waals surface area contributed by atoms with Crippen LogP contribution in [0, 0.1) is 0 Å². The van der Waals surface area contributed by atoms with Gasteiger partial charge < -0.3 is 4.57 Å². The second kappa shape index (κ2) is 4.45. The lowest BCUT2D eigenvalue weighted by atomic mass is 10.0. The van der Waals surface area contributed by atoms with E-state index in [1.165, 1.54) is 16.3 Å². The van der Waals surface area contributed by atoms with Crippen molar-refractivity contribution < 1.29 is 4.79 Å². The zero-order valence-corrected chi connectivity index (χ0v) is 9.78. The summed E-state index contributed by atoms with van der Waals surface area (Å²) in [6.45, 7) is 0.662. The number of fused-ring (bicyclic) bond motifs is 1. The molecule has 0 aliphatic rings. The highest BCUT2D eigenvalue weighted by atomic mass is 16.1. The quantitative estimate of drug-likeness (QED) is 0.655. The minimum atomic E-state index is 0.461. The van der Waals surface area contributed by atoms with Gasteiger partial charge in [0.05, 0.1) is 0 Å². The number of aromatic nitrogens is 2. The van der Waals surface area contributed by atoms with Crippen molar-refractivity contribution in [3.8, 4) is 0 Å². The molecule has 0 atom stereocenters. The predicted molar refractivity (Wildman–Crippen MR) is 70.7 cm³/mol. The molecule has 0 fully saturated rings.